The van der Waals surface area contributed by atoms with Gasteiger partial charge in [0.05, 0.1) is 37.7 Å². The second-order valence-corrected chi connectivity index (χ2v) is 25.3. The Bertz CT molecular complexity index is 2780. The molecule has 93 heavy (non-hydrogen) atoms. The van der Waals surface area contributed by atoms with E-state index in [0.717, 1.165) is 28.5 Å². The highest BCUT2D eigenvalue weighted by atomic mass is 33.1. The van der Waals surface area contributed by atoms with Crippen LogP contribution >= 0.6 is 21.6 Å². The van der Waals surface area contributed by atoms with E-state index in [1.165, 1.54) is 22.3 Å². The first-order chi connectivity index (χ1) is 44.2. The van der Waals surface area contributed by atoms with Crippen molar-refractivity contribution in [2.45, 2.75) is 177 Å². The molecule has 0 bridgehead atoms. The average molecular weight is 1350 g/mol. The van der Waals surface area contributed by atoms with Gasteiger partial charge in [-0.15, -0.1) is 0 Å². The predicted molar refractivity (Wildman–Crippen MR) is 343 cm³/mol. The number of carbonyl (C=O) groups excluding carboxylic acids is 12. The number of aliphatic imine (C=N–C) groups is 2. The second-order valence-electron chi connectivity index (χ2n) is 22.8. The minimum atomic E-state index is -1.88. The summed E-state index contributed by atoms with van der Waals surface area (Å²) in [5.74, 6) is -12.7. The number of rotatable bonds is 25. The lowest BCUT2D eigenvalue weighted by atomic mass is 9.97. The molecule has 0 radical (unpaired) electrons. The number of hydrogen-bond donors (Lipinski definition) is 19. The van der Waals surface area contributed by atoms with Gasteiger partial charge in [-0.1, -0.05) is 41.9 Å². The molecule has 3 fully saturated rings. The number of nitrogens with zero attached hydrogens (tertiary/aromatic N) is 5. The van der Waals surface area contributed by atoms with Crippen LogP contribution < -0.4 is 88.0 Å². The summed E-state index contributed by atoms with van der Waals surface area (Å²) in [5.41, 5.74) is 39.9. The van der Waals surface area contributed by atoms with Crippen molar-refractivity contribution < 1.29 is 67.7 Å². The standard InChI is InChI=1S/C55H94N22O14S2/c1-4-28(2)41-50(88)75-49(87)38-14-9-19-76(38)53(91)39-15-10-20-77(39)52(90)33(13-8-18-65-55(61)62)70-47(85)36(67-34(43(58)81)21-30-23-63-27-66-30)25-92-93-26-37(72-44(82)31(68-40(80)22-57)12-7-17-64-54(59)60)48(86)74-42(29(3)79)51(89)69-32(11-5-6-16-56)45(83)71-35(24-78)46(84)73-41/h23,27-29,31-39,41-42,67,78-79H,4-22,24-26,56-57H2,1-3H3,(H2,58,81)(H,63,66)(H,68,80)(H,69,89)(H,70,85)(H,71,83)(H,72,82)(H,73,84)(H,74,86)(H4,59,60,64)(H4,61,62,65)(H,75,87,88)/t28-,29+,31-,32-,33-,34-,35-,36-,37-,38-,39-,41-,42-/m0/s1. The molecule has 26 N–H and O–H groups in total. The van der Waals surface area contributed by atoms with Gasteiger partial charge in [0.1, 0.15) is 54.4 Å². The highest BCUT2D eigenvalue weighted by Crippen LogP contribution is 2.28. The van der Waals surface area contributed by atoms with Crippen LogP contribution in [0.1, 0.15) is 104 Å². The normalized spacial score (nSPS) is 25.0. The maximum Gasteiger partial charge on any atom is 0.249 e. The topological polar surface area (TPSA) is 596 Å². The number of unbranched alkanes of at least 4 members (excludes halogenated alkanes) is 1. The summed E-state index contributed by atoms with van der Waals surface area (Å²) in [7, 11) is 1.84. The van der Waals surface area contributed by atoms with Gasteiger partial charge in [-0.25, -0.2) is 4.98 Å². The quantitative estimate of drug-likeness (QED) is 0.0142. The fourth-order valence-electron chi connectivity index (χ4n) is 10.4. The molecular formula is C55H94N22O14S2. The fourth-order valence-corrected chi connectivity index (χ4v) is 12.8. The van der Waals surface area contributed by atoms with Crippen LogP contribution in [-0.4, -0.2) is 243 Å². The Morgan fingerprint density at radius 2 is 1.27 bits per heavy atom. The van der Waals surface area contributed by atoms with E-state index in [2.05, 4.69) is 67.8 Å². The monoisotopic (exact) mass is 1350 g/mol. The van der Waals surface area contributed by atoms with Crippen molar-refractivity contribution in [1.29, 1.82) is 0 Å². The van der Waals surface area contributed by atoms with Gasteiger partial charge in [-0.2, -0.15) is 0 Å². The Balaban J connectivity index is 1.87. The number of fused-ring (bicyclic) bond motifs is 2. The van der Waals surface area contributed by atoms with Gasteiger partial charge in [0.2, 0.25) is 70.9 Å². The number of aromatic nitrogens is 2. The molecule has 0 unspecified atom stereocenters. The van der Waals surface area contributed by atoms with Crippen molar-refractivity contribution in [2.24, 2.45) is 56.0 Å². The molecule has 3 aliphatic rings. The number of imide groups is 1. The van der Waals surface area contributed by atoms with E-state index in [9.17, 15) is 67.7 Å². The summed E-state index contributed by atoms with van der Waals surface area (Å²) in [6, 6.07) is -16.0. The van der Waals surface area contributed by atoms with Crippen molar-refractivity contribution in [3.05, 3.63) is 18.2 Å². The minimum absolute atomic E-state index is 0.0116. The summed E-state index contributed by atoms with van der Waals surface area (Å²) < 4.78 is 0. The summed E-state index contributed by atoms with van der Waals surface area (Å²) in [6.45, 7) is 3.21. The SMILES string of the molecule is CC[C@H](C)[C@@H]1NC(=O)[C@H](CO)NC(=O)[C@H](CCCCN)NC(=O)[C@H]([C@@H](C)O)NC(=O)[C@@H](NC(=O)[C@H](CCCN=C(N)N)NC(=O)CN)CSSC[C@H](N[C@@H](Cc2cnc[nH]2)C(N)=O)C(=O)N[C@@H](CCCN=C(N)N)C(=O)N2CCC[C@H]2C(=O)N2CCC[C@H]2C(=O)NC1=O. The molecule has 38 heteroatoms. The molecule has 3 aliphatic heterocycles. The van der Waals surface area contributed by atoms with Crippen LogP contribution in [0.3, 0.4) is 0 Å². The van der Waals surface area contributed by atoms with Crippen LogP contribution in [0.5, 0.6) is 0 Å². The molecule has 13 atom stereocenters. The van der Waals surface area contributed by atoms with Gasteiger partial charge in [0.25, 0.3) is 0 Å². The van der Waals surface area contributed by atoms with Gasteiger partial charge in [-0.05, 0) is 90.0 Å². The van der Waals surface area contributed by atoms with Gasteiger partial charge in [0, 0.05) is 56.0 Å². The lowest BCUT2D eigenvalue weighted by Crippen LogP contribution is -2.62. The summed E-state index contributed by atoms with van der Waals surface area (Å²) in [4.78, 5) is 187. The molecule has 1 aromatic rings. The third-order valence-corrected chi connectivity index (χ3v) is 18.1. The van der Waals surface area contributed by atoms with Crippen molar-refractivity contribution >= 4 is 104 Å². The molecular weight excluding hydrogens is 1260 g/mol. The number of hydrogen-bond acceptors (Lipinski definition) is 22. The Hall–Kier alpha value is -7.91. The molecule has 12 amide bonds. The number of carbonyl (C=O) groups is 12. The van der Waals surface area contributed by atoms with Gasteiger partial charge >= 0.3 is 0 Å². The highest BCUT2D eigenvalue weighted by Gasteiger charge is 2.45. The Morgan fingerprint density at radius 3 is 1.86 bits per heavy atom. The van der Waals surface area contributed by atoms with Crippen LogP contribution in [0, 0.1) is 5.92 Å². The van der Waals surface area contributed by atoms with Crippen molar-refractivity contribution in [3.63, 3.8) is 0 Å². The maximum atomic E-state index is 15.0. The van der Waals surface area contributed by atoms with Gasteiger partial charge < -0.3 is 102 Å². The van der Waals surface area contributed by atoms with E-state index in [1.54, 1.807) is 13.8 Å². The van der Waals surface area contributed by atoms with Crippen molar-refractivity contribution in [2.75, 3.05) is 57.4 Å². The number of imidazole rings is 1. The number of nitrogens with two attached hydrogens (primary N) is 7. The molecule has 4 heterocycles. The number of guanidine groups is 2. The summed E-state index contributed by atoms with van der Waals surface area (Å²) in [5, 5.41) is 44.7. The molecule has 0 saturated carbocycles. The van der Waals surface area contributed by atoms with Crippen molar-refractivity contribution in [1.82, 2.24) is 67.6 Å². The number of nitrogens with one attached hydrogen (secondary N) is 10. The van der Waals surface area contributed by atoms with E-state index in [1.807, 2.05) is 0 Å². The summed E-state index contributed by atoms with van der Waals surface area (Å²) >= 11 is 0. The highest BCUT2D eigenvalue weighted by molar-refractivity contribution is 8.76. The zero-order valence-electron chi connectivity index (χ0n) is 52.6. The third-order valence-electron chi connectivity index (χ3n) is 15.7. The van der Waals surface area contributed by atoms with E-state index in [-0.39, 0.29) is 115 Å². The molecule has 0 aromatic carbocycles. The van der Waals surface area contributed by atoms with Crippen LogP contribution in [0.15, 0.2) is 22.5 Å². The fraction of sp³-hybridized carbons (Fsp3) is 0.691. The second kappa shape index (κ2) is 39.6. The van der Waals surface area contributed by atoms with E-state index < -0.39 is 168 Å². The van der Waals surface area contributed by atoms with Crippen LogP contribution in [0.4, 0.5) is 0 Å². The van der Waals surface area contributed by atoms with E-state index in [4.69, 9.17) is 40.1 Å². The molecule has 1 aromatic heterocycles. The molecule has 4 rings (SSSR count). The number of aromatic amines is 1. The lowest BCUT2D eigenvalue weighted by Gasteiger charge is -2.33. The first kappa shape index (κ1) is 77.5. The number of H-pyrrole nitrogens is 1. The van der Waals surface area contributed by atoms with Gasteiger partial charge in [0.15, 0.2) is 11.9 Å². The largest absolute Gasteiger partial charge is 0.394 e. The van der Waals surface area contributed by atoms with Crippen LogP contribution in [0.2, 0.25) is 0 Å². The molecule has 0 spiro atoms. The van der Waals surface area contributed by atoms with Gasteiger partial charge in [-0.3, -0.25) is 78.2 Å². The number of amides is 12. The third kappa shape index (κ3) is 24.8. The minimum Gasteiger partial charge on any atom is -0.394 e. The van der Waals surface area contributed by atoms with Crippen LogP contribution in [-0.2, 0) is 64.0 Å². The lowest BCUT2D eigenvalue weighted by molar-refractivity contribution is -0.148. The molecule has 520 valence electrons. The number of aliphatic hydroxyl groups is 2. The first-order valence-electron chi connectivity index (χ1n) is 30.9. The van der Waals surface area contributed by atoms with E-state index >= 15 is 0 Å². The zero-order chi connectivity index (χ0) is 68.9. The smallest absolute Gasteiger partial charge is 0.249 e. The molecule has 3 saturated heterocycles. The van der Waals surface area contributed by atoms with Crippen molar-refractivity contribution in [3.8, 4) is 0 Å². The Kier molecular flexibility index (Phi) is 33.0. The summed E-state index contributed by atoms with van der Waals surface area (Å²) in [6.07, 6.45) is 2.70. The average Bonchev–Trinajstić information content (AvgIpc) is 1.73. The zero-order valence-corrected chi connectivity index (χ0v) is 54.2. The molecule has 0 aliphatic carbocycles. The Labute approximate surface area is 546 Å². The number of aliphatic hydroxyl groups excluding tert-OH is 2. The first-order valence-corrected chi connectivity index (χ1v) is 33.4. The van der Waals surface area contributed by atoms with Crippen LogP contribution in [0.25, 0.3) is 0 Å². The van der Waals surface area contributed by atoms with E-state index in [0.29, 0.717) is 25.0 Å². The number of primary amides is 1. The maximum absolute atomic E-state index is 15.0. The predicted octanol–water partition coefficient (Wildman–Crippen LogP) is -8.21. The molecule has 36 nitrogen and oxygen atoms in total. The Morgan fingerprint density at radius 1 is 0.688 bits per heavy atom.